The average molecular weight is 579 g/mol. The Balaban J connectivity index is 0.000000189. The molecule has 6 rings (SSSR count). The number of fused-ring (bicyclic) bond motifs is 6. The molecule has 3 saturated carbocycles. The topological polar surface area (TPSA) is 0 Å². The molecule has 0 heterocycles. The van der Waals surface area contributed by atoms with Gasteiger partial charge in [-0.25, -0.2) is 0 Å². The Hall–Kier alpha value is -1.11. The van der Waals surface area contributed by atoms with Gasteiger partial charge in [0.2, 0.25) is 0 Å². The molecule has 0 nitrogen and oxygen atoms in total. The van der Waals surface area contributed by atoms with Crippen molar-refractivity contribution >= 4 is 0 Å². The van der Waals surface area contributed by atoms with Crippen LogP contribution in [0, 0.1) is 51.2 Å². The van der Waals surface area contributed by atoms with E-state index in [0.29, 0.717) is 21.7 Å². The van der Waals surface area contributed by atoms with Crippen LogP contribution in [0.25, 0.3) is 0 Å². The van der Waals surface area contributed by atoms with E-state index in [9.17, 15) is 0 Å². The molecule has 42 heavy (non-hydrogen) atoms. The molecule has 6 aliphatic carbocycles. The highest BCUT2D eigenvalue weighted by Crippen LogP contribution is 2.60. The van der Waals surface area contributed by atoms with E-state index in [1.54, 1.807) is 22.3 Å². The van der Waals surface area contributed by atoms with E-state index in [0.717, 1.165) is 29.6 Å². The summed E-state index contributed by atoms with van der Waals surface area (Å²) < 4.78 is 0. The van der Waals surface area contributed by atoms with Gasteiger partial charge in [-0.15, -0.1) is 0 Å². The van der Waals surface area contributed by atoms with Crippen molar-refractivity contribution in [2.75, 3.05) is 0 Å². The molecule has 1 heteroatoms. The second-order valence-electron chi connectivity index (χ2n) is 17.8. The molecule has 3 fully saturated rings. The number of allylic oxidation sites excluding steroid dienone is 7. The quantitative estimate of drug-likeness (QED) is 0.251. The molecule has 0 aromatic heterocycles. The highest BCUT2D eigenvalue weighted by atomic mass is 19.0. The third-order valence-corrected chi connectivity index (χ3v) is 14.9. The van der Waals surface area contributed by atoms with Gasteiger partial charge in [-0.2, -0.15) is 0 Å². The predicted molar refractivity (Wildman–Crippen MR) is 182 cm³/mol. The molecule has 0 aliphatic heterocycles. The van der Waals surface area contributed by atoms with Crippen molar-refractivity contribution in [3.8, 4) is 0 Å². The van der Waals surface area contributed by atoms with Crippen LogP contribution in [0.5, 0.6) is 0 Å². The van der Waals surface area contributed by atoms with E-state index in [-0.39, 0.29) is 4.70 Å². The standard InChI is InChI=1S/C21H34.C20H32.FH/c1-14-9-11-21(6)12-10-18-15(2)7-8-17(20(18,4)5)13-19(21)16(14)3;1-14-7-6-11-20(5)12-10-17-15(2)8-9-16(13-18(14)20)19(17,3)4;/h14,17,19H,3,7-13H2,1-2,4-6H3;7,16,18H,6,8-13H2,1-5H3;1H/t14?,17-,19+,21-;16-,18+,20-;/m00./s1. The van der Waals surface area contributed by atoms with Crippen LogP contribution >= 0.6 is 0 Å². The van der Waals surface area contributed by atoms with Gasteiger partial charge in [0.05, 0.1) is 0 Å². The molecular formula is C41H67F. The van der Waals surface area contributed by atoms with Crippen LogP contribution in [0.15, 0.2) is 46.1 Å². The lowest BCUT2D eigenvalue weighted by Gasteiger charge is -2.53. The van der Waals surface area contributed by atoms with Crippen LogP contribution in [-0.4, -0.2) is 0 Å². The summed E-state index contributed by atoms with van der Waals surface area (Å²) in [5, 5.41) is 0. The molecule has 6 aliphatic rings. The third kappa shape index (κ3) is 5.83. The highest BCUT2D eigenvalue weighted by molar-refractivity contribution is 5.28. The molecule has 0 saturated heterocycles. The fourth-order valence-electron chi connectivity index (χ4n) is 11.4. The molecule has 0 amide bonds. The van der Waals surface area contributed by atoms with Crippen molar-refractivity contribution in [3.63, 3.8) is 0 Å². The van der Waals surface area contributed by atoms with Crippen LogP contribution in [0.3, 0.4) is 0 Å². The van der Waals surface area contributed by atoms with Gasteiger partial charge in [0.15, 0.2) is 0 Å². The molecule has 0 aromatic carbocycles. The van der Waals surface area contributed by atoms with Crippen LogP contribution in [0.1, 0.15) is 159 Å². The Kier molecular flexibility index (Phi) is 9.65. The zero-order valence-electron chi connectivity index (χ0n) is 29.5. The predicted octanol–water partition coefficient (Wildman–Crippen LogP) is 13.0. The summed E-state index contributed by atoms with van der Waals surface area (Å²) in [5.74, 6) is 4.12. The summed E-state index contributed by atoms with van der Waals surface area (Å²) in [6.07, 6.45) is 21.9. The van der Waals surface area contributed by atoms with Crippen molar-refractivity contribution in [2.45, 2.75) is 159 Å². The van der Waals surface area contributed by atoms with Gasteiger partial charge in [-0.3, -0.25) is 4.70 Å². The van der Waals surface area contributed by atoms with E-state index in [1.165, 1.54) is 89.9 Å². The maximum absolute atomic E-state index is 4.55. The van der Waals surface area contributed by atoms with E-state index < -0.39 is 0 Å². The maximum Gasteiger partial charge on any atom is -0.0114 e. The third-order valence-electron chi connectivity index (χ3n) is 14.9. The van der Waals surface area contributed by atoms with Crippen LogP contribution in [0.4, 0.5) is 4.70 Å². The minimum absolute atomic E-state index is 0. The van der Waals surface area contributed by atoms with Crippen molar-refractivity contribution in [2.24, 2.45) is 51.2 Å². The minimum atomic E-state index is 0. The van der Waals surface area contributed by atoms with Gasteiger partial charge < -0.3 is 0 Å². The summed E-state index contributed by atoms with van der Waals surface area (Å²) in [5.41, 5.74) is 12.3. The van der Waals surface area contributed by atoms with Gasteiger partial charge in [-0.05, 0) is 162 Å². The minimum Gasteiger partial charge on any atom is -0.269 e. The zero-order chi connectivity index (χ0) is 30.0. The molecule has 7 atom stereocenters. The van der Waals surface area contributed by atoms with Crippen molar-refractivity contribution in [1.29, 1.82) is 0 Å². The molecule has 0 N–H and O–H groups in total. The van der Waals surface area contributed by atoms with Crippen molar-refractivity contribution < 1.29 is 4.70 Å². The first kappa shape index (κ1) is 33.8. The first-order chi connectivity index (χ1) is 19.1. The fraction of sp³-hybridized carbons (Fsp3) is 0.805. The molecule has 0 radical (unpaired) electrons. The Morgan fingerprint density at radius 1 is 0.643 bits per heavy atom. The molecule has 0 aromatic rings. The van der Waals surface area contributed by atoms with Crippen LogP contribution in [0.2, 0.25) is 0 Å². The number of hydrogen-bond acceptors (Lipinski definition) is 0. The lowest BCUT2D eigenvalue weighted by Crippen LogP contribution is -2.43. The Bertz CT molecular complexity index is 1130. The maximum atomic E-state index is 4.55. The van der Waals surface area contributed by atoms with Crippen molar-refractivity contribution in [3.05, 3.63) is 46.1 Å². The van der Waals surface area contributed by atoms with Crippen LogP contribution < -0.4 is 0 Å². The SMILES string of the molecule is C=C1C(C)CC[C@@]2(C)CCC3=C(C)CC[C@@H](C[C@H]12)C3(C)C.CC1=CCC[C@@]2(C)CCC3=C(C)CC[C@@H](C[C@H]12)C3(C)C.F. The highest BCUT2D eigenvalue weighted by Gasteiger charge is 2.49. The first-order valence-corrected chi connectivity index (χ1v) is 17.8. The van der Waals surface area contributed by atoms with Gasteiger partial charge in [0.1, 0.15) is 0 Å². The van der Waals surface area contributed by atoms with Gasteiger partial charge >= 0.3 is 0 Å². The van der Waals surface area contributed by atoms with E-state index >= 15 is 0 Å². The molecule has 238 valence electrons. The average Bonchev–Trinajstić information content (AvgIpc) is 2.88. The number of hydrogen-bond donors (Lipinski definition) is 0. The smallest absolute Gasteiger partial charge is 0.0114 e. The summed E-state index contributed by atoms with van der Waals surface area (Å²) in [6, 6.07) is 0. The van der Waals surface area contributed by atoms with Gasteiger partial charge in [0, 0.05) is 0 Å². The Morgan fingerprint density at radius 2 is 1.12 bits per heavy atom. The number of halogens is 1. The van der Waals surface area contributed by atoms with Crippen molar-refractivity contribution in [1.82, 2.24) is 0 Å². The summed E-state index contributed by atoms with van der Waals surface area (Å²) in [4.78, 5) is 0. The van der Waals surface area contributed by atoms with E-state index in [1.807, 2.05) is 11.1 Å². The van der Waals surface area contributed by atoms with E-state index in [2.05, 4.69) is 81.9 Å². The van der Waals surface area contributed by atoms with Crippen LogP contribution in [-0.2, 0) is 0 Å². The monoisotopic (exact) mass is 579 g/mol. The molecular weight excluding hydrogens is 511 g/mol. The second kappa shape index (κ2) is 12.0. The zero-order valence-corrected chi connectivity index (χ0v) is 29.5. The normalized spacial score (nSPS) is 40.9. The summed E-state index contributed by atoms with van der Waals surface area (Å²) >= 11 is 0. The first-order valence-electron chi connectivity index (χ1n) is 17.8. The van der Waals surface area contributed by atoms with Gasteiger partial charge in [0.25, 0.3) is 0 Å². The molecule has 4 bridgehead atoms. The Labute approximate surface area is 260 Å². The number of rotatable bonds is 0. The van der Waals surface area contributed by atoms with E-state index in [4.69, 9.17) is 0 Å². The van der Waals surface area contributed by atoms with Gasteiger partial charge in [-0.1, -0.05) is 94.6 Å². The summed E-state index contributed by atoms with van der Waals surface area (Å²) in [6.45, 7) is 29.4. The fourth-order valence-corrected chi connectivity index (χ4v) is 11.4. The molecule has 1 unspecified atom stereocenters. The Morgan fingerprint density at radius 3 is 1.64 bits per heavy atom. The lowest BCUT2D eigenvalue weighted by atomic mass is 9.51. The second-order valence-corrected chi connectivity index (χ2v) is 17.8. The molecule has 0 spiro atoms. The largest absolute Gasteiger partial charge is 0.269 e. The lowest BCUT2D eigenvalue weighted by molar-refractivity contribution is 0.0590. The summed E-state index contributed by atoms with van der Waals surface area (Å²) in [7, 11) is 0.